The molecule has 0 saturated carbocycles. The maximum atomic E-state index is 12.0. The fraction of sp³-hybridized carbons (Fsp3) is 0.833. The smallest absolute Gasteiger partial charge is 0.338 e. The molecule has 0 saturated heterocycles. The fourth-order valence-corrected chi connectivity index (χ4v) is 2.11. The minimum atomic E-state index is -1.69. The molecule has 0 aliphatic rings. The van der Waals surface area contributed by atoms with E-state index in [2.05, 4.69) is 31.9 Å². The molecule has 0 rings (SSSR count). The van der Waals surface area contributed by atoms with Gasteiger partial charge in [0.2, 0.25) is 0 Å². The summed E-state index contributed by atoms with van der Waals surface area (Å²) in [5, 5.41) is -0.857. The summed E-state index contributed by atoms with van der Waals surface area (Å²) in [6, 6.07) is 0. The van der Waals surface area contributed by atoms with Gasteiger partial charge in [0.1, 0.15) is 5.01 Å². The number of hydrogen-bond donors (Lipinski definition) is 0. The normalized spacial score (nSPS) is 12.9. The van der Waals surface area contributed by atoms with Gasteiger partial charge in [-0.1, -0.05) is 45.2 Å². The van der Waals surface area contributed by atoms with E-state index in [0.29, 0.717) is 6.61 Å². The van der Waals surface area contributed by atoms with Crippen LogP contribution in [-0.2, 0) is 23.8 Å². The van der Waals surface area contributed by atoms with Gasteiger partial charge < -0.3 is 14.2 Å². The maximum absolute atomic E-state index is 12.0. The maximum Gasteiger partial charge on any atom is 0.338 e. The van der Waals surface area contributed by atoms with Crippen molar-refractivity contribution in [3.63, 3.8) is 0 Å². The SMILES string of the molecule is CCCCOC(Br)C(Br)(C(=O)OCC)C(=O)OCC. The van der Waals surface area contributed by atoms with E-state index in [1.165, 1.54) is 0 Å². The van der Waals surface area contributed by atoms with Crippen LogP contribution < -0.4 is 0 Å². The van der Waals surface area contributed by atoms with Gasteiger partial charge in [0.15, 0.2) is 0 Å². The largest absolute Gasteiger partial charge is 0.464 e. The first-order valence-electron chi connectivity index (χ1n) is 6.24. The topological polar surface area (TPSA) is 61.8 Å². The van der Waals surface area contributed by atoms with Crippen molar-refractivity contribution in [2.75, 3.05) is 19.8 Å². The summed E-state index contributed by atoms with van der Waals surface area (Å²) in [4.78, 5) is 24.0. The Kier molecular flexibility index (Phi) is 9.64. The van der Waals surface area contributed by atoms with Crippen LogP contribution in [0.15, 0.2) is 0 Å². The number of carbonyl (C=O) groups excluding carboxylic acids is 2. The van der Waals surface area contributed by atoms with E-state index in [9.17, 15) is 9.59 Å². The van der Waals surface area contributed by atoms with Gasteiger partial charge in [0.05, 0.1) is 13.2 Å². The number of esters is 2. The third-order valence-corrected chi connectivity index (χ3v) is 4.85. The predicted octanol–water partition coefficient (Wildman–Crippen LogP) is 2.78. The molecule has 0 heterocycles. The molecule has 0 aromatic carbocycles. The Labute approximate surface area is 130 Å². The van der Waals surface area contributed by atoms with Gasteiger partial charge in [-0.15, -0.1) is 0 Å². The summed E-state index contributed by atoms with van der Waals surface area (Å²) in [6.07, 6.45) is 1.78. The third-order valence-electron chi connectivity index (χ3n) is 2.22. The molecule has 112 valence electrons. The van der Waals surface area contributed by atoms with Crippen LogP contribution in [0.4, 0.5) is 0 Å². The highest BCUT2D eigenvalue weighted by molar-refractivity contribution is 9.13. The monoisotopic (exact) mass is 402 g/mol. The standard InChI is InChI=1S/C12H20Br2O5/c1-4-7-8-19-9(13)12(14,10(15)17-5-2)11(16)18-6-3/h9H,4-8H2,1-3H3. The van der Waals surface area contributed by atoms with Crippen LogP contribution in [0.2, 0.25) is 0 Å². The second kappa shape index (κ2) is 9.72. The molecule has 19 heavy (non-hydrogen) atoms. The third kappa shape index (κ3) is 5.39. The molecule has 1 unspecified atom stereocenters. The van der Waals surface area contributed by atoms with Crippen molar-refractivity contribution in [3.8, 4) is 0 Å². The quantitative estimate of drug-likeness (QED) is 0.256. The summed E-state index contributed by atoms with van der Waals surface area (Å²) >= 11 is 6.32. The Morgan fingerprint density at radius 3 is 1.95 bits per heavy atom. The minimum Gasteiger partial charge on any atom is -0.464 e. The Balaban J connectivity index is 4.92. The Morgan fingerprint density at radius 2 is 1.58 bits per heavy atom. The summed E-state index contributed by atoms with van der Waals surface area (Å²) < 4.78 is 13.6. The number of unbranched alkanes of at least 4 members (excludes halogenated alkanes) is 1. The van der Waals surface area contributed by atoms with Crippen molar-refractivity contribution in [2.45, 2.75) is 43.0 Å². The van der Waals surface area contributed by atoms with Crippen LogP contribution in [0.3, 0.4) is 0 Å². The lowest BCUT2D eigenvalue weighted by molar-refractivity contribution is -0.161. The second-order valence-corrected chi connectivity index (χ2v) is 5.78. The van der Waals surface area contributed by atoms with E-state index in [1.54, 1.807) is 13.8 Å². The number of ether oxygens (including phenoxy) is 3. The van der Waals surface area contributed by atoms with Crippen molar-refractivity contribution in [1.82, 2.24) is 0 Å². The van der Waals surface area contributed by atoms with Crippen molar-refractivity contribution in [2.24, 2.45) is 0 Å². The molecular formula is C12H20Br2O5. The van der Waals surface area contributed by atoms with Gasteiger partial charge >= 0.3 is 11.9 Å². The Bertz CT molecular complexity index is 278. The Morgan fingerprint density at radius 1 is 1.11 bits per heavy atom. The molecule has 0 aromatic rings. The number of halogens is 2. The van der Waals surface area contributed by atoms with Crippen LogP contribution in [0.25, 0.3) is 0 Å². The van der Waals surface area contributed by atoms with Crippen molar-refractivity contribution in [1.29, 1.82) is 0 Å². The predicted molar refractivity (Wildman–Crippen MR) is 78.5 cm³/mol. The minimum absolute atomic E-state index is 0.167. The number of alkyl halides is 2. The van der Waals surface area contributed by atoms with E-state index >= 15 is 0 Å². The first-order chi connectivity index (χ1) is 8.94. The van der Waals surface area contributed by atoms with Crippen LogP contribution in [-0.4, -0.2) is 41.1 Å². The van der Waals surface area contributed by atoms with Gasteiger partial charge in [-0.25, -0.2) is 9.59 Å². The highest BCUT2D eigenvalue weighted by Gasteiger charge is 2.53. The highest BCUT2D eigenvalue weighted by Crippen LogP contribution is 2.32. The van der Waals surface area contributed by atoms with E-state index in [4.69, 9.17) is 14.2 Å². The van der Waals surface area contributed by atoms with Crippen molar-refractivity contribution >= 4 is 43.8 Å². The molecular weight excluding hydrogens is 384 g/mol. The molecule has 0 N–H and O–H groups in total. The van der Waals surface area contributed by atoms with Gasteiger partial charge in [-0.05, 0) is 20.3 Å². The van der Waals surface area contributed by atoms with Crippen LogP contribution in [0, 0.1) is 0 Å². The summed E-state index contributed by atoms with van der Waals surface area (Å²) in [5.74, 6) is -1.46. The second-order valence-electron chi connectivity index (χ2n) is 3.69. The Hall–Kier alpha value is -0.140. The lowest BCUT2D eigenvalue weighted by Gasteiger charge is -2.27. The van der Waals surface area contributed by atoms with Gasteiger partial charge in [-0.2, -0.15) is 0 Å². The number of rotatable bonds is 9. The molecule has 0 aromatic heterocycles. The van der Waals surface area contributed by atoms with Gasteiger partial charge in [-0.3, -0.25) is 0 Å². The zero-order valence-electron chi connectivity index (χ0n) is 11.4. The zero-order chi connectivity index (χ0) is 14.9. The molecule has 5 nitrogen and oxygen atoms in total. The van der Waals surface area contributed by atoms with Crippen LogP contribution in [0.1, 0.15) is 33.6 Å². The summed E-state index contributed by atoms with van der Waals surface area (Å²) in [5.41, 5.74) is 0. The van der Waals surface area contributed by atoms with E-state index < -0.39 is 21.3 Å². The molecule has 0 bridgehead atoms. The van der Waals surface area contributed by atoms with E-state index in [0.717, 1.165) is 12.8 Å². The van der Waals surface area contributed by atoms with Crippen LogP contribution in [0.5, 0.6) is 0 Å². The molecule has 0 amide bonds. The van der Waals surface area contributed by atoms with Crippen molar-refractivity contribution < 1.29 is 23.8 Å². The van der Waals surface area contributed by atoms with E-state index in [-0.39, 0.29) is 13.2 Å². The molecule has 1 atom stereocenters. The van der Waals surface area contributed by atoms with Gasteiger partial charge in [0.25, 0.3) is 4.32 Å². The first kappa shape index (κ1) is 18.9. The fourth-order valence-electron chi connectivity index (χ4n) is 1.19. The van der Waals surface area contributed by atoms with Gasteiger partial charge in [0, 0.05) is 6.61 Å². The lowest BCUT2D eigenvalue weighted by atomic mass is 10.1. The van der Waals surface area contributed by atoms with Crippen LogP contribution >= 0.6 is 31.9 Å². The number of carbonyl (C=O) groups is 2. The van der Waals surface area contributed by atoms with Crippen molar-refractivity contribution in [3.05, 3.63) is 0 Å². The molecule has 0 aliphatic heterocycles. The molecule has 7 heteroatoms. The average molecular weight is 404 g/mol. The zero-order valence-corrected chi connectivity index (χ0v) is 14.6. The molecule has 0 aliphatic carbocycles. The summed E-state index contributed by atoms with van der Waals surface area (Å²) in [7, 11) is 0. The molecule has 0 radical (unpaired) electrons. The number of hydrogen-bond acceptors (Lipinski definition) is 5. The lowest BCUT2D eigenvalue weighted by Crippen LogP contribution is -2.51. The van der Waals surface area contributed by atoms with E-state index in [1.807, 2.05) is 6.92 Å². The molecule has 0 fully saturated rings. The highest BCUT2D eigenvalue weighted by atomic mass is 79.9. The molecule has 0 spiro atoms. The summed E-state index contributed by atoms with van der Waals surface area (Å²) in [6.45, 7) is 6.11. The average Bonchev–Trinajstić information content (AvgIpc) is 2.38. The first-order valence-corrected chi connectivity index (χ1v) is 7.94.